The molecule has 2 unspecified atom stereocenters. The van der Waals surface area contributed by atoms with E-state index in [1.165, 1.54) is 0 Å². The zero-order chi connectivity index (χ0) is 13.7. The Kier molecular flexibility index (Phi) is 5.44. The number of aliphatic carboxylic acids is 1. The van der Waals surface area contributed by atoms with Crippen LogP contribution in [0.1, 0.15) is 46.0 Å². The predicted molar refractivity (Wildman–Crippen MR) is 69.4 cm³/mol. The van der Waals surface area contributed by atoms with Gasteiger partial charge in [0.2, 0.25) is 0 Å². The van der Waals surface area contributed by atoms with Crippen molar-refractivity contribution in [3.05, 3.63) is 0 Å². The van der Waals surface area contributed by atoms with Gasteiger partial charge >= 0.3 is 12.0 Å². The van der Waals surface area contributed by atoms with E-state index in [1.54, 1.807) is 11.9 Å². The molecule has 104 valence electrons. The van der Waals surface area contributed by atoms with Crippen molar-refractivity contribution in [2.45, 2.75) is 58.0 Å². The van der Waals surface area contributed by atoms with Gasteiger partial charge in [-0.1, -0.05) is 13.8 Å². The van der Waals surface area contributed by atoms with Crippen LogP contribution in [-0.2, 0) is 4.79 Å². The summed E-state index contributed by atoms with van der Waals surface area (Å²) in [5.41, 5.74) is 0. The lowest BCUT2D eigenvalue weighted by Crippen LogP contribution is -2.46. The first-order valence-electron chi connectivity index (χ1n) is 6.75. The van der Waals surface area contributed by atoms with E-state index in [2.05, 4.69) is 19.2 Å². The summed E-state index contributed by atoms with van der Waals surface area (Å²) in [4.78, 5) is 24.6. The van der Waals surface area contributed by atoms with Crippen LogP contribution in [0.25, 0.3) is 0 Å². The number of nitrogens with one attached hydrogen (secondary N) is 1. The van der Waals surface area contributed by atoms with Crippen LogP contribution < -0.4 is 5.32 Å². The van der Waals surface area contributed by atoms with E-state index in [0.717, 1.165) is 19.3 Å². The van der Waals surface area contributed by atoms with Crippen LogP contribution in [0.2, 0.25) is 0 Å². The molecule has 0 bridgehead atoms. The van der Waals surface area contributed by atoms with Gasteiger partial charge < -0.3 is 15.3 Å². The molecule has 0 saturated heterocycles. The Morgan fingerprint density at radius 1 is 1.33 bits per heavy atom. The van der Waals surface area contributed by atoms with Crippen LogP contribution in [0.3, 0.4) is 0 Å². The molecular weight excluding hydrogens is 232 g/mol. The van der Waals surface area contributed by atoms with Crippen LogP contribution in [0, 0.1) is 5.92 Å². The molecule has 0 aromatic rings. The Morgan fingerprint density at radius 2 is 1.94 bits per heavy atom. The quantitative estimate of drug-likeness (QED) is 0.791. The number of hydrogen-bond acceptors (Lipinski definition) is 2. The molecule has 0 spiro atoms. The number of carboxylic acid groups (broad SMARTS) is 1. The second kappa shape index (κ2) is 6.61. The third-order valence-corrected chi connectivity index (χ3v) is 3.92. The van der Waals surface area contributed by atoms with Gasteiger partial charge in [0.15, 0.2) is 0 Å². The molecule has 5 heteroatoms. The zero-order valence-corrected chi connectivity index (χ0v) is 11.5. The number of rotatable bonds is 5. The van der Waals surface area contributed by atoms with Crippen molar-refractivity contribution in [2.75, 3.05) is 7.05 Å². The molecule has 1 aliphatic carbocycles. The molecule has 1 fully saturated rings. The van der Waals surface area contributed by atoms with Crippen molar-refractivity contribution >= 4 is 12.0 Å². The van der Waals surface area contributed by atoms with Gasteiger partial charge in [-0.25, -0.2) is 4.79 Å². The number of nitrogens with zero attached hydrogens (tertiary/aromatic N) is 1. The Hall–Kier alpha value is -1.26. The predicted octanol–water partition coefficient (Wildman–Crippen LogP) is 2.07. The van der Waals surface area contributed by atoms with E-state index in [1.807, 2.05) is 0 Å². The first kappa shape index (κ1) is 14.8. The molecule has 0 aromatic heterocycles. The van der Waals surface area contributed by atoms with Gasteiger partial charge in [-0.2, -0.15) is 0 Å². The highest BCUT2D eigenvalue weighted by Crippen LogP contribution is 2.25. The van der Waals surface area contributed by atoms with E-state index in [9.17, 15) is 9.59 Å². The molecule has 0 radical (unpaired) electrons. The molecular formula is C13H24N2O3. The summed E-state index contributed by atoms with van der Waals surface area (Å²) in [6.45, 7) is 4.13. The van der Waals surface area contributed by atoms with E-state index in [-0.39, 0.29) is 24.0 Å². The molecule has 1 aliphatic rings. The maximum Gasteiger partial charge on any atom is 0.317 e. The normalized spacial score (nSPS) is 23.1. The van der Waals surface area contributed by atoms with Crippen molar-refractivity contribution in [3.63, 3.8) is 0 Å². The van der Waals surface area contributed by atoms with Gasteiger partial charge in [-0.15, -0.1) is 0 Å². The SMILES string of the molecule is CCC(CC)N(C)C(=O)NC1CCC(C(=O)O)C1. The Bertz CT molecular complexity index is 303. The summed E-state index contributed by atoms with van der Waals surface area (Å²) < 4.78 is 0. The Labute approximate surface area is 109 Å². The van der Waals surface area contributed by atoms with Gasteiger partial charge in [-0.05, 0) is 32.1 Å². The minimum absolute atomic E-state index is 0.00964. The zero-order valence-electron chi connectivity index (χ0n) is 11.5. The highest BCUT2D eigenvalue weighted by molar-refractivity contribution is 5.75. The van der Waals surface area contributed by atoms with Crippen LogP contribution in [0.5, 0.6) is 0 Å². The first-order chi connectivity index (χ1) is 8.49. The Morgan fingerprint density at radius 3 is 2.39 bits per heavy atom. The maximum absolute atomic E-state index is 12.0. The molecule has 2 atom stereocenters. The topological polar surface area (TPSA) is 69.6 Å². The lowest BCUT2D eigenvalue weighted by atomic mass is 10.1. The van der Waals surface area contributed by atoms with Gasteiger partial charge in [0, 0.05) is 19.1 Å². The van der Waals surface area contributed by atoms with E-state index >= 15 is 0 Å². The fourth-order valence-electron chi connectivity index (χ4n) is 2.62. The molecule has 1 rings (SSSR count). The van der Waals surface area contributed by atoms with Gasteiger partial charge in [0.1, 0.15) is 0 Å². The summed E-state index contributed by atoms with van der Waals surface area (Å²) in [6.07, 6.45) is 3.85. The summed E-state index contributed by atoms with van der Waals surface area (Å²) in [5.74, 6) is -1.05. The summed E-state index contributed by atoms with van der Waals surface area (Å²) in [5, 5.41) is 11.9. The highest BCUT2D eigenvalue weighted by Gasteiger charge is 2.31. The second-order valence-corrected chi connectivity index (χ2v) is 5.08. The van der Waals surface area contributed by atoms with Crippen molar-refractivity contribution in [1.29, 1.82) is 0 Å². The maximum atomic E-state index is 12.0. The van der Waals surface area contributed by atoms with E-state index in [4.69, 9.17) is 5.11 Å². The summed E-state index contributed by atoms with van der Waals surface area (Å²) >= 11 is 0. The number of amides is 2. The minimum Gasteiger partial charge on any atom is -0.481 e. The molecule has 0 aromatic carbocycles. The fraction of sp³-hybridized carbons (Fsp3) is 0.846. The number of carbonyl (C=O) groups is 2. The number of urea groups is 1. The average molecular weight is 256 g/mol. The largest absolute Gasteiger partial charge is 0.481 e. The fourth-order valence-corrected chi connectivity index (χ4v) is 2.62. The molecule has 0 heterocycles. The van der Waals surface area contributed by atoms with Crippen LogP contribution in [0.4, 0.5) is 4.79 Å². The third kappa shape index (κ3) is 3.62. The van der Waals surface area contributed by atoms with Gasteiger partial charge in [-0.3, -0.25) is 4.79 Å². The highest BCUT2D eigenvalue weighted by atomic mass is 16.4. The first-order valence-corrected chi connectivity index (χ1v) is 6.75. The van der Waals surface area contributed by atoms with E-state index < -0.39 is 5.97 Å². The second-order valence-electron chi connectivity index (χ2n) is 5.08. The number of carbonyl (C=O) groups excluding carboxylic acids is 1. The third-order valence-electron chi connectivity index (χ3n) is 3.92. The standard InChI is InChI=1S/C13H24N2O3/c1-4-11(5-2)15(3)13(18)14-10-7-6-9(8-10)12(16)17/h9-11H,4-8H2,1-3H3,(H,14,18)(H,16,17). The van der Waals surface area contributed by atoms with Crippen LogP contribution >= 0.6 is 0 Å². The molecule has 2 amide bonds. The summed E-state index contributed by atoms with van der Waals surface area (Å²) in [6, 6.07) is 0.178. The molecule has 2 N–H and O–H groups in total. The van der Waals surface area contributed by atoms with Crippen molar-refractivity contribution < 1.29 is 14.7 Å². The molecule has 0 aliphatic heterocycles. The van der Waals surface area contributed by atoms with Gasteiger partial charge in [0.05, 0.1) is 5.92 Å². The van der Waals surface area contributed by atoms with Crippen molar-refractivity contribution in [1.82, 2.24) is 10.2 Å². The smallest absolute Gasteiger partial charge is 0.317 e. The molecule has 5 nitrogen and oxygen atoms in total. The molecule has 18 heavy (non-hydrogen) atoms. The monoisotopic (exact) mass is 256 g/mol. The van der Waals surface area contributed by atoms with Gasteiger partial charge in [0.25, 0.3) is 0 Å². The lowest BCUT2D eigenvalue weighted by Gasteiger charge is -2.28. The Balaban J connectivity index is 2.43. The summed E-state index contributed by atoms with van der Waals surface area (Å²) in [7, 11) is 1.80. The lowest BCUT2D eigenvalue weighted by molar-refractivity contribution is -0.141. The number of hydrogen-bond donors (Lipinski definition) is 2. The van der Waals surface area contributed by atoms with Crippen molar-refractivity contribution in [2.24, 2.45) is 5.92 Å². The average Bonchev–Trinajstić information content (AvgIpc) is 2.79. The van der Waals surface area contributed by atoms with Crippen molar-refractivity contribution in [3.8, 4) is 0 Å². The minimum atomic E-state index is -0.750. The van der Waals surface area contributed by atoms with Crippen LogP contribution in [-0.4, -0.2) is 41.1 Å². The molecule has 1 saturated carbocycles. The van der Waals surface area contributed by atoms with Crippen LogP contribution in [0.15, 0.2) is 0 Å². The van der Waals surface area contributed by atoms with E-state index in [0.29, 0.717) is 12.8 Å². The number of carboxylic acids is 1.